The van der Waals surface area contributed by atoms with E-state index >= 15 is 0 Å². The van der Waals surface area contributed by atoms with E-state index in [1.165, 1.54) is 0 Å². The maximum Gasteiger partial charge on any atom is 0.257 e. The van der Waals surface area contributed by atoms with Gasteiger partial charge < -0.3 is 14.4 Å². The summed E-state index contributed by atoms with van der Waals surface area (Å²) in [5, 5.41) is 4.30. The smallest absolute Gasteiger partial charge is 0.257 e. The molecule has 138 valence electrons. The molecule has 1 aromatic heterocycles. The topological polar surface area (TPSA) is 56.6 Å². The molecule has 0 fully saturated rings. The van der Waals surface area contributed by atoms with Crippen molar-refractivity contribution >= 4 is 21.8 Å². The van der Waals surface area contributed by atoms with Gasteiger partial charge in [-0.05, 0) is 42.0 Å². The molecule has 2 aromatic carbocycles. The number of hydrogen-bond donors (Lipinski definition) is 0. The molecule has 7 heteroatoms. The van der Waals surface area contributed by atoms with Crippen LogP contribution in [0.1, 0.15) is 15.9 Å². The number of aromatic nitrogens is 2. The van der Waals surface area contributed by atoms with E-state index in [4.69, 9.17) is 9.47 Å². The first-order valence-corrected chi connectivity index (χ1v) is 9.34. The number of carbonyl (C=O) groups is 1. The molecule has 0 spiro atoms. The Morgan fingerprint density at radius 3 is 2.67 bits per heavy atom. The maximum atomic E-state index is 12.7. The summed E-state index contributed by atoms with van der Waals surface area (Å²) in [4.78, 5) is 14.4. The highest BCUT2D eigenvalue weighted by molar-refractivity contribution is 9.10. The van der Waals surface area contributed by atoms with E-state index in [1.807, 2.05) is 42.5 Å². The van der Waals surface area contributed by atoms with Crippen molar-refractivity contribution in [3.63, 3.8) is 0 Å². The molecule has 4 rings (SSSR count). The number of nitrogens with zero attached hydrogens (tertiary/aromatic N) is 3. The molecule has 1 aliphatic heterocycles. The van der Waals surface area contributed by atoms with Gasteiger partial charge in [0.15, 0.2) is 11.5 Å². The number of ether oxygens (including phenoxy) is 2. The zero-order chi connectivity index (χ0) is 18.8. The molecule has 0 saturated carbocycles. The van der Waals surface area contributed by atoms with Gasteiger partial charge in [-0.2, -0.15) is 5.10 Å². The second-order valence-corrected chi connectivity index (χ2v) is 7.20. The van der Waals surface area contributed by atoms with Crippen LogP contribution in [0.25, 0.3) is 5.69 Å². The Bertz CT molecular complexity index is 969. The summed E-state index contributed by atoms with van der Waals surface area (Å²) in [6.45, 7) is 1.58. The van der Waals surface area contributed by atoms with E-state index in [9.17, 15) is 4.79 Å². The third-order valence-corrected chi connectivity index (χ3v) is 4.82. The molecule has 0 aliphatic carbocycles. The zero-order valence-corrected chi connectivity index (χ0v) is 16.3. The van der Waals surface area contributed by atoms with E-state index in [0.29, 0.717) is 25.3 Å². The maximum absolute atomic E-state index is 12.7. The minimum absolute atomic E-state index is 0.0896. The number of rotatable bonds is 4. The lowest BCUT2D eigenvalue weighted by molar-refractivity contribution is 0.0784. The Morgan fingerprint density at radius 2 is 1.89 bits per heavy atom. The lowest BCUT2D eigenvalue weighted by Gasteiger charge is -2.21. The van der Waals surface area contributed by atoms with E-state index in [2.05, 4.69) is 21.0 Å². The van der Waals surface area contributed by atoms with Crippen LogP contribution in [0.3, 0.4) is 0 Å². The molecule has 1 aliphatic rings. The molecular formula is C20H18BrN3O3. The Labute approximate surface area is 165 Å². The van der Waals surface area contributed by atoms with Crippen LogP contribution in [0.2, 0.25) is 0 Å². The number of halogens is 1. The highest BCUT2D eigenvalue weighted by atomic mass is 79.9. The van der Waals surface area contributed by atoms with Crippen LogP contribution < -0.4 is 9.47 Å². The van der Waals surface area contributed by atoms with Gasteiger partial charge in [0.2, 0.25) is 0 Å². The van der Waals surface area contributed by atoms with Crippen molar-refractivity contribution in [2.24, 2.45) is 0 Å². The molecule has 0 radical (unpaired) electrons. The SMILES string of the molecule is CN(Cc1ccc2c(c1)OCCO2)C(=O)c1cnn(-c2ccc(Br)cc2)c1. The van der Waals surface area contributed by atoms with Crippen LogP contribution in [0.4, 0.5) is 0 Å². The predicted octanol–water partition coefficient (Wildman–Crippen LogP) is 3.68. The highest BCUT2D eigenvalue weighted by Crippen LogP contribution is 2.31. The van der Waals surface area contributed by atoms with Crippen LogP contribution >= 0.6 is 15.9 Å². The molecule has 6 nitrogen and oxygen atoms in total. The standard InChI is InChI=1S/C20H18BrN3O3/c1-23(12-14-2-7-18-19(10-14)27-9-8-26-18)20(25)15-11-22-24(13-15)17-5-3-16(21)4-6-17/h2-7,10-11,13H,8-9,12H2,1H3. The molecule has 0 bridgehead atoms. The van der Waals surface area contributed by atoms with Gasteiger partial charge in [-0.3, -0.25) is 4.79 Å². The Kier molecular flexibility index (Phi) is 4.85. The second kappa shape index (κ2) is 7.44. The molecule has 0 N–H and O–H groups in total. The fourth-order valence-corrected chi connectivity index (χ4v) is 3.18. The van der Waals surface area contributed by atoms with Crippen molar-refractivity contribution in [2.75, 3.05) is 20.3 Å². The van der Waals surface area contributed by atoms with Crippen molar-refractivity contribution in [2.45, 2.75) is 6.54 Å². The average Bonchev–Trinajstić information content (AvgIpc) is 3.18. The van der Waals surface area contributed by atoms with Crippen LogP contribution in [-0.4, -0.2) is 40.8 Å². The summed E-state index contributed by atoms with van der Waals surface area (Å²) < 4.78 is 13.8. The largest absolute Gasteiger partial charge is 0.486 e. The minimum atomic E-state index is -0.0896. The van der Waals surface area contributed by atoms with Crippen molar-refractivity contribution in [1.82, 2.24) is 14.7 Å². The molecule has 3 aromatic rings. The average molecular weight is 428 g/mol. The van der Waals surface area contributed by atoms with E-state index in [1.54, 1.807) is 29.0 Å². The molecule has 0 unspecified atom stereocenters. The van der Waals surface area contributed by atoms with Gasteiger partial charge in [0.1, 0.15) is 13.2 Å². The van der Waals surface area contributed by atoms with Crippen molar-refractivity contribution in [1.29, 1.82) is 0 Å². The van der Waals surface area contributed by atoms with Gasteiger partial charge in [0.25, 0.3) is 5.91 Å². The Hall–Kier alpha value is -2.80. The van der Waals surface area contributed by atoms with E-state index < -0.39 is 0 Å². The number of hydrogen-bond acceptors (Lipinski definition) is 4. The van der Waals surface area contributed by atoms with E-state index in [0.717, 1.165) is 27.2 Å². The van der Waals surface area contributed by atoms with Gasteiger partial charge >= 0.3 is 0 Å². The van der Waals surface area contributed by atoms with Crippen LogP contribution in [0.15, 0.2) is 59.3 Å². The Morgan fingerprint density at radius 1 is 1.15 bits per heavy atom. The lowest BCUT2D eigenvalue weighted by Crippen LogP contribution is -2.26. The number of benzene rings is 2. The molecule has 2 heterocycles. The molecule has 0 saturated heterocycles. The summed E-state index contributed by atoms with van der Waals surface area (Å²) in [6.07, 6.45) is 3.33. The lowest BCUT2D eigenvalue weighted by atomic mass is 10.1. The predicted molar refractivity (Wildman–Crippen MR) is 104 cm³/mol. The van der Waals surface area contributed by atoms with Gasteiger partial charge in [-0.15, -0.1) is 0 Å². The first-order chi connectivity index (χ1) is 13.1. The normalized spacial score (nSPS) is 12.7. The molecule has 27 heavy (non-hydrogen) atoms. The molecule has 1 amide bonds. The van der Waals surface area contributed by atoms with E-state index in [-0.39, 0.29) is 5.91 Å². The summed E-state index contributed by atoms with van der Waals surface area (Å²) in [7, 11) is 1.77. The summed E-state index contributed by atoms with van der Waals surface area (Å²) in [5.74, 6) is 1.38. The first-order valence-electron chi connectivity index (χ1n) is 8.55. The summed E-state index contributed by atoms with van der Waals surface area (Å²) >= 11 is 3.41. The van der Waals surface area contributed by atoms with Crippen molar-refractivity contribution in [3.8, 4) is 17.2 Å². The van der Waals surface area contributed by atoms with Crippen molar-refractivity contribution in [3.05, 3.63) is 70.5 Å². The summed E-state index contributed by atoms with van der Waals surface area (Å²) in [5.41, 5.74) is 2.42. The zero-order valence-electron chi connectivity index (χ0n) is 14.8. The molecular weight excluding hydrogens is 410 g/mol. The number of carbonyl (C=O) groups excluding carboxylic acids is 1. The van der Waals surface area contributed by atoms with Gasteiger partial charge in [-0.25, -0.2) is 4.68 Å². The minimum Gasteiger partial charge on any atom is -0.486 e. The first kappa shape index (κ1) is 17.6. The van der Waals surface area contributed by atoms with Crippen LogP contribution in [0, 0.1) is 0 Å². The van der Waals surface area contributed by atoms with Crippen molar-refractivity contribution < 1.29 is 14.3 Å². The van der Waals surface area contributed by atoms with Crippen LogP contribution in [0.5, 0.6) is 11.5 Å². The summed E-state index contributed by atoms with van der Waals surface area (Å²) in [6, 6.07) is 13.5. The monoisotopic (exact) mass is 427 g/mol. The van der Waals surface area contributed by atoms with Gasteiger partial charge in [0.05, 0.1) is 17.4 Å². The van der Waals surface area contributed by atoms with Crippen LogP contribution in [-0.2, 0) is 6.54 Å². The van der Waals surface area contributed by atoms with Gasteiger partial charge in [0, 0.05) is 24.3 Å². The molecule has 0 atom stereocenters. The highest BCUT2D eigenvalue weighted by Gasteiger charge is 2.17. The van der Waals surface area contributed by atoms with Gasteiger partial charge in [-0.1, -0.05) is 22.0 Å². The quantitative estimate of drug-likeness (QED) is 0.637. The second-order valence-electron chi connectivity index (χ2n) is 6.29. The third kappa shape index (κ3) is 3.83. The number of amides is 1. The third-order valence-electron chi connectivity index (χ3n) is 4.29. The fraction of sp³-hybridized carbons (Fsp3) is 0.200. The fourth-order valence-electron chi connectivity index (χ4n) is 2.92. The number of fused-ring (bicyclic) bond motifs is 1. The Balaban J connectivity index is 1.47.